The number of carbonyl (C=O) groups excluding carboxylic acids is 1. The molecule has 0 N–H and O–H groups in total. The third kappa shape index (κ3) is 4.00. The van der Waals surface area contributed by atoms with E-state index in [1.54, 1.807) is 19.9 Å². The first-order valence-corrected chi connectivity index (χ1v) is 8.40. The van der Waals surface area contributed by atoms with E-state index in [1.807, 2.05) is 60.7 Å². The maximum absolute atomic E-state index is 12.3. The van der Waals surface area contributed by atoms with Crippen LogP contribution in [0.2, 0.25) is 0 Å². The van der Waals surface area contributed by atoms with E-state index in [1.165, 1.54) is 0 Å². The summed E-state index contributed by atoms with van der Waals surface area (Å²) >= 11 is 0. The number of carbonyl (C=O) groups is 1. The number of rotatable bonds is 5. The molecule has 5 nitrogen and oxygen atoms in total. The summed E-state index contributed by atoms with van der Waals surface area (Å²) in [6.07, 6.45) is 0. The summed E-state index contributed by atoms with van der Waals surface area (Å²) in [5.74, 6) is -0.207. The number of nitrogens with zero attached hydrogens (tertiary/aromatic N) is 3. The summed E-state index contributed by atoms with van der Waals surface area (Å²) in [5.41, 5.74) is 3.51. The fourth-order valence-electron chi connectivity index (χ4n) is 2.52. The number of aliphatic imine (C=N–C) groups is 1. The van der Waals surface area contributed by atoms with Gasteiger partial charge in [0.25, 0.3) is 0 Å². The molecule has 5 heteroatoms. The summed E-state index contributed by atoms with van der Waals surface area (Å²) in [6.45, 7) is 3.83. The Hall–Kier alpha value is -3.34. The van der Waals surface area contributed by atoms with E-state index in [2.05, 4.69) is 15.2 Å². The highest BCUT2D eigenvalue weighted by molar-refractivity contribution is 6.14. The quantitative estimate of drug-likeness (QED) is 0.515. The summed E-state index contributed by atoms with van der Waals surface area (Å²) in [5, 5.41) is 8.19. The maximum Gasteiger partial charge on any atom is 0.342 e. The number of hydrogen-bond acceptors (Lipinski definition) is 5. The van der Waals surface area contributed by atoms with Crippen LogP contribution in [0.4, 0.5) is 5.82 Å². The van der Waals surface area contributed by atoms with Crippen LogP contribution in [0.1, 0.15) is 34.1 Å². The predicted molar refractivity (Wildman–Crippen MR) is 101 cm³/mol. The molecule has 0 saturated carbocycles. The molecule has 1 heterocycles. The van der Waals surface area contributed by atoms with Gasteiger partial charge < -0.3 is 4.74 Å². The second-order valence-corrected chi connectivity index (χ2v) is 5.64. The minimum atomic E-state index is -0.454. The largest absolute Gasteiger partial charge is 0.462 e. The average molecular weight is 345 g/mol. The van der Waals surface area contributed by atoms with Gasteiger partial charge in [0.1, 0.15) is 5.56 Å². The van der Waals surface area contributed by atoms with Crippen LogP contribution in [0.15, 0.2) is 71.7 Å². The Bertz CT molecular complexity index is 881. The lowest BCUT2D eigenvalue weighted by Crippen LogP contribution is -2.09. The van der Waals surface area contributed by atoms with Gasteiger partial charge in [-0.2, -0.15) is 5.10 Å². The standard InChI is InChI=1S/C21H19N3O2/c1-3-26-21(25)18-14-15(2)23-24-20(18)22-19(16-10-6-4-7-11-16)17-12-8-5-9-13-17/h4-14H,3H2,1-2H3. The van der Waals surface area contributed by atoms with Crippen molar-refractivity contribution in [1.82, 2.24) is 10.2 Å². The molecule has 0 fully saturated rings. The van der Waals surface area contributed by atoms with Gasteiger partial charge in [0, 0.05) is 11.1 Å². The van der Waals surface area contributed by atoms with E-state index in [0.29, 0.717) is 11.3 Å². The first kappa shape index (κ1) is 17.5. The molecule has 2 aromatic carbocycles. The van der Waals surface area contributed by atoms with Crippen molar-refractivity contribution in [1.29, 1.82) is 0 Å². The number of benzene rings is 2. The van der Waals surface area contributed by atoms with Crippen LogP contribution in [0.3, 0.4) is 0 Å². The molecular formula is C21H19N3O2. The van der Waals surface area contributed by atoms with E-state index in [4.69, 9.17) is 4.74 Å². The lowest BCUT2D eigenvalue weighted by Gasteiger charge is -2.09. The van der Waals surface area contributed by atoms with E-state index in [-0.39, 0.29) is 12.4 Å². The number of aromatic nitrogens is 2. The third-order valence-corrected chi connectivity index (χ3v) is 3.70. The molecule has 0 bridgehead atoms. The van der Waals surface area contributed by atoms with Gasteiger partial charge >= 0.3 is 5.97 Å². The molecule has 0 spiro atoms. The summed E-state index contributed by atoms with van der Waals surface area (Å²) < 4.78 is 5.14. The fourth-order valence-corrected chi connectivity index (χ4v) is 2.52. The van der Waals surface area contributed by atoms with Gasteiger partial charge in [-0.05, 0) is 19.9 Å². The van der Waals surface area contributed by atoms with E-state index in [0.717, 1.165) is 16.8 Å². The lowest BCUT2D eigenvalue weighted by atomic mass is 10.0. The average Bonchev–Trinajstić information content (AvgIpc) is 2.68. The van der Waals surface area contributed by atoms with Crippen LogP contribution in [-0.4, -0.2) is 28.5 Å². The van der Waals surface area contributed by atoms with Gasteiger partial charge in [0.05, 0.1) is 18.0 Å². The number of ether oxygens (including phenoxy) is 1. The number of esters is 1. The van der Waals surface area contributed by atoms with Crippen LogP contribution >= 0.6 is 0 Å². The number of hydrogen-bond donors (Lipinski definition) is 0. The molecule has 0 amide bonds. The monoisotopic (exact) mass is 345 g/mol. The van der Waals surface area contributed by atoms with Crippen molar-refractivity contribution in [3.63, 3.8) is 0 Å². The SMILES string of the molecule is CCOC(=O)c1cc(C)nnc1N=C(c1ccccc1)c1ccccc1. The van der Waals surface area contributed by atoms with Gasteiger partial charge in [-0.1, -0.05) is 60.7 Å². The maximum atomic E-state index is 12.3. The van der Waals surface area contributed by atoms with Gasteiger partial charge in [-0.25, -0.2) is 9.79 Å². The zero-order valence-electron chi connectivity index (χ0n) is 14.7. The van der Waals surface area contributed by atoms with Crippen LogP contribution in [-0.2, 0) is 4.74 Å². The normalized spacial score (nSPS) is 10.2. The molecule has 0 unspecified atom stereocenters. The second kappa shape index (κ2) is 8.16. The van der Waals surface area contributed by atoms with Gasteiger partial charge in [0.15, 0.2) is 5.82 Å². The van der Waals surface area contributed by atoms with Crippen molar-refractivity contribution in [3.05, 3.63) is 89.1 Å². The Kier molecular flexibility index (Phi) is 5.49. The third-order valence-electron chi connectivity index (χ3n) is 3.70. The van der Waals surface area contributed by atoms with Crippen molar-refractivity contribution < 1.29 is 9.53 Å². The highest BCUT2D eigenvalue weighted by Gasteiger charge is 2.17. The number of aryl methyl sites for hydroxylation is 1. The topological polar surface area (TPSA) is 64.4 Å². The van der Waals surface area contributed by atoms with Crippen molar-refractivity contribution >= 4 is 17.5 Å². The Balaban J connectivity index is 2.16. The molecule has 130 valence electrons. The molecule has 0 aliphatic carbocycles. The summed E-state index contributed by atoms with van der Waals surface area (Å²) in [4.78, 5) is 17.0. The van der Waals surface area contributed by atoms with Crippen LogP contribution in [0.5, 0.6) is 0 Å². The zero-order valence-corrected chi connectivity index (χ0v) is 14.7. The minimum Gasteiger partial charge on any atom is -0.462 e. The van der Waals surface area contributed by atoms with Gasteiger partial charge in [0.2, 0.25) is 0 Å². The van der Waals surface area contributed by atoms with E-state index < -0.39 is 5.97 Å². The zero-order chi connectivity index (χ0) is 18.4. The molecule has 3 aromatic rings. The molecule has 0 radical (unpaired) electrons. The van der Waals surface area contributed by atoms with Crippen LogP contribution in [0.25, 0.3) is 0 Å². The highest BCUT2D eigenvalue weighted by atomic mass is 16.5. The molecule has 0 aliphatic rings. The van der Waals surface area contributed by atoms with Gasteiger partial charge in [-0.3, -0.25) is 0 Å². The predicted octanol–water partition coefficient (Wildman–Crippen LogP) is 4.13. The molecule has 0 saturated heterocycles. The smallest absolute Gasteiger partial charge is 0.342 e. The van der Waals surface area contributed by atoms with Crippen LogP contribution in [0, 0.1) is 6.92 Å². The Labute approximate surface area is 152 Å². The van der Waals surface area contributed by atoms with Crippen LogP contribution < -0.4 is 0 Å². The summed E-state index contributed by atoms with van der Waals surface area (Å²) in [7, 11) is 0. The van der Waals surface area contributed by atoms with E-state index >= 15 is 0 Å². The highest BCUT2D eigenvalue weighted by Crippen LogP contribution is 2.21. The molecule has 0 aliphatic heterocycles. The molecule has 26 heavy (non-hydrogen) atoms. The van der Waals surface area contributed by atoms with E-state index in [9.17, 15) is 4.79 Å². The summed E-state index contributed by atoms with van der Waals surface area (Å²) in [6, 6.07) is 21.2. The lowest BCUT2D eigenvalue weighted by molar-refractivity contribution is 0.0526. The second-order valence-electron chi connectivity index (χ2n) is 5.64. The minimum absolute atomic E-state index is 0.247. The van der Waals surface area contributed by atoms with Crippen molar-refractivity contribution in [2.24, 2.45) is 4.99 Å². The first-order chi connectivity index (χ1) is 12.7. The fraction of sp³-hybridized carbons (Fsp3) is 0.143. The molecule has 3 rings (SSSR count). The Morgan fingerprint density at radius 2 is 1.54 bits per heavy atom. The molecule has 1 aromatic heterocycles. The van der Waals surface area contributed by atoms with Crippen molar-refractivity contribution in [2.45, 2.75) is 13.8 Å². The molecule has 0 atom stereocenters. The first-order valence-electron chi connectivity index (χ1n) is 8.40. The van der Waals surface area contributed by atoms with Crippen molar-refractivity contribution in [2.75, 3.05) is 6.61 Å². The van der Waals surface area contributed by atoms with Crippen molar-refractivity contribution in [3.8, 4) is 0 Å². The Morgan fingerprint density at radius 1 is 0.962 bits per heavy atom. The Morgan fingerprint density at radius 3 is 2.08 bits per heavy atom. The van der Waals surface area contributed by atoms with Gasteiger partial charge in [-0.15, -0.1) is 5.10 Å². The molecular weight excluding hydrogens is 326 g/mol.